The SMILES string of the molecule is CC.Cc1ccnc(NC(C)C)c1. The van der Waals surface area contributed by atoms with Crippen LogP contribution in [0.3, 0.4) is 0 Å². The van der Waals surface area contributed by atoms with Crippen LogP contribution in [0.2, 0.25) is 0 Å². The van der Waals surface area contributed by atoms with Crippen LogP contribution < -0.4 is 5.32 Å². The van der Waals surface area contributed by atoms with Gasteiger partial charge in [0.2, 0.25) is 0 Å². The minimum absolute atomic E-state index is 0.448. The summed E-state index contributed by atoms with van der Waals surface area (Å²) < 4.78 is 0. The maximum absolute atomic E-state index is 4.17. The van der Waals surface area contributed by atoms with Crippen molar-refractivity contribution in [2.75, 3.05) is 5.32 Å². The summed E-state index contributed by atoms with van der Waals surface area (Å²) >= 11 is 0. The Labute approximate surface area is 81.4 Å². The molecule has 1 N–H and O–H groups in total. The first-order valence-corrected chi connectivity index (χ1v) is 4.87. The lowest BCUT2D eigenvalue weighted by Crippen LogP contribution is -2.10. The highest BCUT2D eigenvalue weighted by molar-refractivity contribution is 5.37. The van der Waals surface area contributed by atoms with E-state index in [2.05, 4.69) is 31.1 Å². The Balaban J connectivity index is 0.000000671. The van der Waals surface area contributed by atoms with Crippen LogP contribution in [0, 0.1) is 6.92 Å². The maximum atomic E-state index is 4.17. The summed E-state index contributed by atoms with van der Waals surface area (Å²) in [7, 11) is 0. The fourth-order valence-electron chi connectivity index (χ4n) is 0.911. The maximum Gasteiger partial charge on any atom is 0.126 e. The second-order valence-corrected chi connectivity index (χ2v) is 3.02. The number of nitrogens with one attached hydrogen (secondary N) is 1. The molecule has 1 aromatic heterocycles. The predicted molar refractivity (Wildman–Crippen MR) is 59.1 cm³/mol. The van der Waals surface area contributed by atoms with Crippen molar-refractivity contribution in [3.8, 4) is 0 Å². The van der Waals surface area contributed by atoms with E-state index in [0.717, 1.165) is 5.82 Å². The first-order chi connectivity index (χ1) is 6.18. The Bertz CT molecular complexity index is 231. The van der Waals surface area contributed by atoms with Crippen LogP contribution in [0.15, 0.2) is 18.3 Å². The quantitative estimate of drug-likeness (QED) is 0.755. The summed E-state index contributed by atoms with van der Waals surface area (Å²) in [6.45, 7) is 10.3. The number of rotatable bonds is 2. The van der Waals surface area contributed by atoms with Crippen molar-refractivity contribution in [1.29, 1.82) is 0 Å². The van der Waals surface area contributed by atoms with E-state index in [4.69, 9.17) is 0 Å². The van der Waals surface area contributed by atoms with Gasteiger partial charge >= 0.3 is 0 Å². The van der Waals surface area contributed by atoms with Gasteiger partial charge < -0.3 is 5.32 Å². The average molecular weight is 180 g/mol. The Kier molecular flexibility index (Phi) is 5.94. The molecule has 0 bridgehead atoms. The van der Waals surface area contributed by atoms with Gasteiger partial charge in [0, 0.05) is 12.2 Å². The molecule has 0 atom stereocenters. The van der Waals surface area contributed by atoms with Gasteiger partial charge in [-0.2, -0.15) is 0 Å². The van der Waals surface area contributed by atoms with E-state index in [1.807, 2.05) is 32.2 Å². The fourth-order valence-corrected chi connectivity index (χ4v) is 0.911. The predicted octanol–water partition coefficient (Wildman–Crippen LogP) is 3.24. The number of anilines is 1. The fraction of sp³-hybridized carbons (Fsp3) is 0.545. The van der Waals surface area contributed by atoms with Gasteiger partial charge in [0.05, 0.1) is 0 Å². The molecule has 0 spiro atoms. The first-order valence-electron chi connectivity index (χ1n) is 4.87. The molecule has 0 aromatic carbocycles. The summed E-state index contributed by atoms with van der Waals surface area (Å²) in [6.07, 6.45) is 1.82. The van der Waals surface area contributed by atoms with E-state index in [9.17, 15) is 0 Å². The minimum atomic E-state index is 0.448. The van der Waals surface area contributed by atoms with Crippen LogP contribution in [0.25, 0.3) is 0 Å². The van der Waals surface area contributed by atoms with Gasteiger partial charge in [-0.25, -0.2) is 4.98 Å². The van der Waals surface area contributed by atoms with Gasteiger partial charge in [-0.15, -0.1) is 0 Å². The third-order valence-electron chi connectivity index (χ3n) is 1.35. The molecule has 1 rings (SSSR count). The zero-order valence-corrected chi connectivity index (χ0v) is 9.26. The molecule has 0 saturated carbocycles. The van der Waals surface area contributed by atoms with Gasteiger partial charge in [-0.3, -0.25) is 0 Å². The first kappa shape index (κ1) is 11.9. The summed E-state index contributed by atoms with van der Waals surface area (Å²) in [6, 6.07) is 4.48. The van der Waals surface area contributed by atoms with Gasteiger partial charge in [-0.05, 0) is 38.5 Å². The lowest BCUT2D eigenvalue weighted by Gasteiger charge is -2.08. The van der Waals surface area contributed by atoms with E-state index in [0.29, 0.717) is 6.04 Å². The summed E-state index contributed by atoms with van der Waals surface area (Å²) in [5, 5.41) is 3.23. The van der Waals surface area contributed by atoms with Crippen molar-refractivity contribution >= 4 is 5.82 Å². The Morgan fingerprint density at radius 3 is 2.38 bits per heavy atom. The standard InChI is InChI=1S/C9H14N2.C2H6/c1-7(2)11-9-6-8(3)4-5-10-9;1-2/h4-7H,1-3H3,(H,10,11);1-2H3. The van der Waals surface area contributed by atoms with Crippen molar-refractivity contribution in [2.45, 2.75) is 40.7 Å². The van der Waals surface area contributed by atoms with E-state index in [-0.39, 0.29) is 0 Å². The zero-order chi connectivity index (χ0) is 10.3. The molecule has 0 aliphatic carbocycles. The second-order valence-electron chi connectivity index (χ2n) is 3.02. The normalized spacial score (nSPS) is 9.08. The highest BCUT2D eigenvalue weighted by Gasteiger charge is 1.94. The monoisotopic (exact) mass is 180 g/mol. The molecule has 0 aliphatic rings. The summed E-state index contributed by atoms with van der Waals surface area (Å²) in [4.78, 5) is 4.17. The largest absolute Gasteiger partial charge is 0.368 e. The number of pyridine rings is 1. The molecule has 0 amide bonds. The third-order valence-corrected chi connectivity index (χ3v) is 1.35. The smallest absolute Gasteiger partial charge is 0.126 e. The third kappa shape index (κ3) is 5.23. The molecular weight excluding hydrogens is 160 g/mol. The molecule has 0 fully saturated rings. The highest BCUT2D eigenvalue weighted by atomic mass is 15.0. The zero-order valence-electron chi connectivity index (χ0n) is 9.26. The lowest BCUT2D eigenvalue weighted by molar-refractivity contribution is 0.888. The topological polar surface area (TPSA) is 24.9 Å². The van der Waals surface area contributed by atoms with Crippen LogP contribution in [-0.4, -0.2) is 11.0 Å². The number of aromatic nitrogens is 1. The molecule has 1 aromatic rings. The van der Waals surface area contributed by atoms with E-state index < -0.39 is 0 Å². The van der Waals surface area contributed by atoms with Crippen molar-refractivity contribution in [3.05, 3.63) is 23.9 Å². The Morgan fingerprint density at radius 2 is 1.92 bits per heavy atom. The van der Waals surface area contributed by atoms with Crippen LogP contribution in [-0.2, 0) is 0 Å². The van der Waals surface area contributed by atoms with Gasteiger partial charge in [0.1, 0.15) is 5.82 Å². The number of hydrogen-bond donors (Lipinski definition) is 1. The average Bonchev–Trinajstić information content (AvgIpc) is 2.06. The number of hydrogen-bond acceptors (Lipinski definition) is 2. The van der Waals surface area contributed by atoms with E-state index in [1.54, 1.807) is 0 Å². The van der Waals surface area contributed by atoms with Gasteiger partial charge in [0.25, 0.3) is 0 Å². The van der Waals surface area contributed by atoms with Crippen LogP contribution in [0.5, 0.6) is 0 Å². The summed E-state index contributed by atoms with van der Waals surface area (Å²) in [5.41, 5.74) is 1.24. The van der Waals surface area contributed by atoms with Crippen molar-refractivity contribution in [2.24, 2.45) is 0 Å². The minimum Gasteiger partial charge on any atom is -0.368 e. The van der Waals surface area contributed by atoms with Gasteiger partial charge in [-0.1, -0.05) is 13.8 Å². The van der Waals surface area contributed by atoms with Crippen molar-refractivity contribution in [1.82, 2.24) is 4.98 Å². The molecule has 0 saturated heterocycles. The number of aryl methyl sites for hydroxylation is 1. The molecule has 2 nitrogen and oxygen atoms in total. The molecule has 13 heavy (non-hydrogen) atoms. The molecular formula is C11H20N2. The molecule has 0 aliphatic heterocycles. The van der Waals surface area contributed by atoms with Crippen LogP contribution in [0.1, 0.15) is 33.3 Å². The van der Waals surface area contributed by atoms with Gasteiger partial charge in [0.15, 0.2) is 0 Å². The van der Waals surface area contributed by atoms with E-state index >= 15 is 0 Å². The highest BCUT2D eigenvalue weighted by Crippen LogP contribution is 2.05. The molecule has 74 valence electrons. The van der Waals surface area contributed by atoms with Crippen molar-refractivity contribution in [3.63, 3.8) is 0 Å². The van der Waals surface area contributed by atoms with Crippen molar-refractivity contribution < 1.29 is 0 Å². The Hall–Kier alpha value is -1.05. The molecule has 1 heterocycles. The number of nitrogens with zero attached hydrogens (tertiary/aromatic N) is 1. The lowest BCUT2D eigenvalue weighted by atomic mass is 10.3. The Morgan fingerprint density at radius 1 is 1.31 bits per heavy atom. The molecule has 0 radical (unpaired) electrons. The van der Waals surface area contributed by atoms with Crippen LogP contribution in [0.4, 0.5) is 5.82 Å². The summed E-state index contributed by atoms with van der Waals surface area (Å²) in [5.74, 6) is 0.958. The van der Waals surface area contributed by atoms with Crippen LogP contribution >= 0.6 is 0 Å². The molecule has 0 unspecified atom stereocenters. The van der Waals surface area contributed by atoms with E-state index in [1.165, 1.54) is 5.56 Å². The second kappa shape index (κ2) is 6.46. The molecule has 2 heteroatoms.